The molecule has 1 aliphatic rings. The van der Waals surface area contributed by atoms with Gasteiger partial charge in [-0.15, -0.1) is 0 Å². The maximum Gasteiger partial charge on any atom is 0.121 e. The molecule has 4 heteroatoms. The van der Waals surface area contributed by atoms with E-state index in [0.29, 0.717) is 0 Å². The van der Waals surface area contributed by atoms with Crippen molar-refractivity contribution in [1.29, 1.82) is 5.26 Å². The average molecular weight is 371 g/mol. The molecule has 1 aromatic rings. The highest BCUT2D eigenvalue weighted by molar-refractivity contribution is 14.1. The second-order valence-electron chi connectivity index (χ2n) is 5.84. The van der Waals surface area contributed by atoms with E-state index in [1.807, 2.05) is 6.07 Å². The lowest BCUT2D eigenvalue weighted by Crippen LogP contribution is -2.49. The molecule has 0 radical (unpaired) electrons. The number of likely N-dealkylation sites (N-methyl/N-ethyl adjacent to an activating group) is 1. The smallest absolute Gasteiger partial charge is 0.121 e. The van der Waals surface area contributed by atoms with E-state index in [0.717, 1.165) is 12.2 Å². The summed E-state index contributed by atoms with van der Waals surface area (Å²) in [6, 6.07) is 4.34. The number of halogens is 1. The Hall–Kier alpha value is -0.540. The molecule has 0 atom stereocenters. The van der Waals surface area contributed by atoms with Crippen molar-refractivity contribution in [2.75, 3.05) is 14.1 Å². The average Bonchev–Trinajstić information content (AvgIpc) is 2.67. The maximum atomic E-state index is 9.32. The van der Waals surface area contributed by atoms with Crippen LogP contribution in [-0.4, -0.2) is 29.1 Å². The second kappa shape index (κ2) is 5.84. The zero-order valence-electron chi connectivity index (χ0n) is 12.0. The molecule has 3 nitrogen and oxygen atoms in total. The molecule has 0 aromatic carbocycles. The van der Waals surface area contributed by atoms with Crippen LogP contribution in [0.4, 0.5) is 0 Å². The Balaban J connectivity index is 2.35. The normalized spacial score (nSPS) is 18.5. The van der Waals surface area contributed by atoms with Gasteiger partial charge in [0.05, 0.1) is 0 Å². The Morgan fingerprint density at radius 3 is 2.53 bits per heavy atom. The molecule has 19 heavy (non-hydrogen) atoms. The van der Waals surface area contributed by atoms with Crippen LogP contribution in [0.2, 0.25) is 0 Å². The van der Waals surface area contributed by atoms with Crippen LogP contribution in [0.15, 0.2) is 6.07 Å². The first-order valence-corrected chi connectivity index (χ1v) is 8.01. The fourth-order valence-corrected chi connectivity index (χ4v) is 3.75. The van der Waals surface area contributed by atoms with Crippen LogP contribution < -0.4 is 0 Å². The summed E-state index contributed by atoms with van der Waals surface area (Å²) in [4.78, 5) is 2.37. The van der Waals surface area contributed by atoms with Crippen LogP contribution in [0.25, 0.3) is 0 Å². The van der Waals surface area contributed by atoms with E-state index in [1.165, 1.54) is 41.4 Å². The standard InChI is InChI=1S/C15H22IN3/c1-12-14(16)9-13(10-17)19(12)11-15(18(2)3)7-5-4-6-8-15/h9H,4-8,11H2,1-3H3. The van der Waals surface area contributed by atoms with Crippen molar-refractivity contribution in [3.05, 3.63) is 21.0 Å². The van der Waals surface area contributed by atoms with Gasteiger partial charge in [0.25, 0.3) is 0 Å². The highest BCUT2D eigenvalue weighted by Crippen LogP contribution is 2.35. The molecule has 0 N–H and O–H groups in total. The van der Waals surface area contributed by atoms with Gasteiger partial charge in [-0.3, -0.25) is 0 Å². The summed E-state index contributed by atoms with van der Waals surface area (Å²) in [7, 11) is 4.36. The molecule has 0 bridgehead atoms. The Morgan fingerprint density at radius 2 is 2.00 bits per heavy atom. The Morgan fingerprint density at radius 1 is 1.37 bits per heavy atom. The fourth-order valence-electron chi connectivity index (χ4n) is 3.16. The first kappa shape index (κ1) is 14.9. The third kappa shape index (κ3) is 2.82. The highest BCUT2D eigenvalue weighted by Gasteiger charge is 2.35. The summed E-state index contributed by atoms with van der Waals surface area (Å²) in [6.45, 7) is 3.06. The van der Waals surface area contributed by atoms with Crippen LogP contribution >= 0.6 is 22.6 Å². The van der Waals surface area contributed by atoms with Crippen molar-refractivity contribution in [1.82, 2.24) is 9.47 Å². The van der Waals surface area contributed by atoms with Crippen LogP contribution in [-0.2, 0) is 6.54 Å². The van der Waals surface area contributed by atoms with Gasteiger partial charge >= 0.3 is 0 Å². The first-order valence-electron chi connectivity index (χ1n) is 6.93. The SMILES string of the molecule is Cc1c(I)cc(C#N)n1CC1(N(C)C)CCCCC1. The van der Waals surface area contributed by atoms with Crippen molar-refractivity contribution in [2.45, 2.75) is 51.1 Å². The lowest BCUT2D eigenvalue weighted by molar-refractivity contribution is 0.0800. The molecule has 0 aliphatic heterocycles. The number of nitriles is 1. The van der Waals surface area contributed by atoms with Crippen LogP contribution in [0.1, 0.15) is 43.5 Å². The fraction of sp³-hybridized carbons (Fsp3) is 0.667. The number of rotatable bonds is 3. The Labute approximate surface area is 129 Å². The first-order chi connectivity index (χ1) is 9.00. The Bertz CT molecular complexity index is 490. The van der Waals surface area contributed by atoms with Gasteiger partial charge < -0.3 is 9.47 Å². The van der Waals surface area contributed by atoms with E-state index in [2.05, 4.69) is 59.1 Å². The van der Waals surface area contributed by atoms with Gasteiger partial charge in [0, 0.05) is 21.3 Å². The quantitative estimate of drug-likeness (QED) is 0.762. The zero-order chi connectivity index (χ0) is 14.0. The van der Waals surface area contributed by atoms with Gasteiger partial charge in [0.15, 0.2) is 0 Å². The van der Waals surface area contributed by atoms with E-state index in [-0.39, 0.29) is 5.54 Å². The minimum absolute atomic E-state index is 0.219. The van der Waals surface area contributed by atoms with Crippen molar-refractivity contribution in [2.24, 2.45) is 0 Å². The number of nitrogens with zero attached hydrogens (tertiary/aromatic N) is 3. The molecule has 2 rings (SSSR count). The summed E-state index contributed by atoms with van der Waals surface area (Å²) >= 11 is 2.32. The highest BCUT2D eigenvalue weighted by atomic mass is 127. The zero-order valence-corrected chi connectivity index (χ0v) is 14.2. The van der Waals surface area contributed by atoms with E-state index >= 15 is 0 Å². The number of aromatic nitrogens is 1. The molecule has 0 saturated heterocycles. The minimum Gasteiger partial charge on any atom is -0.334 e. The molecule has 0 spiro atoms. The molecular weight excluding hydrogens is 349 g/mol. The third-order valence-electron chi connectivity index (χ3n) is 4.60. The topological polar surface area (TPSA) is 32.0 Å². The molecule has 1 fully saturated rings. The van der Waals surface area contributed by atoms with Crippen molar-refractivity contribution in [3.63, 3.8) is 0 Å². The molecular formula is C15H22IN3. The summed E-state index contributed by atoms with van der Waals surface area (Å²) in [5, 5.41) is 9.32. The lowest BCUT2D eigenvalue weighted by Gasteiger charge is -2.43. The van der Waals surface area contributed by atoms with E-state index in [1.54, 1.807) is 0 Å². The van der Waals surface area contributed by atoms with Crippen LogP contribution in [0.5, 0.6) is 0 Å². The monoisotopic (exact) mass is 371 g/mol. The predicted molar refractivity (Wildman–Crippen MR) is 86.1 cm³/mol. The van der Waals surface area contributed by atoms with Gasteiger partial charge in [0.2, 0.25) is 0 Å². The maximum absolute atomic E-state index is 9.32. The predicted octanol–water partition coefficient (Wildman–Crippen LogP) is 3.54. The summed E-state index contributed by atoms with van der Waals surface area (Å²) in [5.41, 5.74) is 2.24. The van der Waals surface area contributed by atoms with E-state index < -0.39 is 0 Å². The summed E-state index contributed by atoms with van der Waals surface area (Å²) < 4.78 is 3.41. The Kier molecular flexibility index (Phi) is 4.57. The number of hydrogen-bond acceptors (Lipinski definition) is 2. The van der Waals surface area contributed by atoms with Crippen LogP contribution in [0, 0.1) is 21.8 Å². The summed E-state index contributed by atoms with van der Waals surface area (Å²) in [6.07, 6.45) is 6.43. The second-order valence-corrected chi connectivity index (χ2v) is 7.00. The minimum atomic E-state index is 0.219. The van der Waals surface area contributed by atoms with Crippen molar-refractivity contribution >= 4 is 22.6 Å². The molecule has 1 saturated carbocycles. The molecule has 1 aliphatic carbocycles. The number of hydrogen-bond donors (Lipinski definition) is 0. The third-order valence-corrected chi connectivity index (χ3v) is 5.70. The molecule has 104 valence electrons. The van der Waals surface area contributed by atoms with Gasteiger partial charge in [-0.2, -0.15) is 5.26 Å². The van der Waals surface area contributed by atoms with Crippen molar-refractivity contribution in [3.8, 4) is 6.07 Å². The summed E-state index contributed by atoms with van der Waals surface area (Å²) in [5.74, 6) is 0. The lowest BCUT2D eigenvalue weighted by atomic mass is 9.80. The largest absolute Gasteiger partial charge is 0.334 e. The molecule has 0 amide bonds. The molecule has 1 heterocycles. The molecule has 0 unspecified atom stereocenters. The van der Waals surface area contributed by atoms with Gasteiger partial charge in [-0.05, 0) is 62.5 Å². The molecule has 1 aromatic heterocycles. The van der Waals surface area contributed by atoms with Gasteiger partial charge in [-0.1, -0.05) is 19.3 Å². The van der Waals surface area contributed by atoms with Gasteiger partial charge in [0.1, 0.15) is 11.8 Å². The van der Waals surface area contributed by atoms with E-state index in [4.69, 9.17) is 0 Å². The van der Waals surface area contributed by atoms with Crippen LogP contribution in [0.3, 0.4) is 0 Å². The van der Waals surface area contributed by atoms with Gasteiger partial charge in [-0.25, -0.2) is 0 Å². The van der Waals surface area contributed by atoms with E-state index in [9.17, 15) is 5.26 Å². The van der Waals surface area contributed by atoms with Crippen molar-refractivity contribution < 1.29 is 0 Å².